The van der Waals surface area contributed by atoms with Gasteiger partial charge in [0.1, 0.15) is 12.6 Å². The maximum Gasteiger partial charge on any atom is 0.407 e. The van der Waals surface area contributed by atoms with Gasteiger partial charge in [0.2, 0.25) is 11.8 Å². The van der Waals surface area contributed by atoms with Crippen molar-refractivity contribution in [1.29, 1.82) is 0 Å². The van der Waals surface area contributed by atoms with Gasteiger partial charge in [-0.2, -0.15) is 11.8 Å². The highest BCUT2D eigenvalue weighted by molar-refractivity contribution is 7.99. The lowest BCUT2D eigenvalue weighted by atomic mass is 9.98. The number of fused-ring (bicyclic) bond motifs is 3. The monoisotopic (exact) mass is 890 g/mol. The van der Waals surface area contributed by atoms with E-state index in [9.17, 15) is 19.5 Å². The van der Waals surface area contributed by atoms with Crippen molar-refractivity contribution < 1.29 is 29.0 Å². The highest BCUT2D eigenvalue weighted by Gasteiger charge is 2.44. The molecule has 0 aromatic heterocycles. The van der Waals surface area contributed by atoms with Gasteiger partial charge >= 0.3 is 6.09 Å². The summed E-state index contributed by atoms with van der Waals surface area (Å²) in [4.78, 5) is 40.1. The highest BCUT2D eigenvalue weighted by Crippen LogP contribution is 2.44. The molecular weight excluding hydrogens is 807 g/mol. The van der Waals surface area contributed by atoms with Crippen molar-refractivity contribution in [1.82, 2.24) is 16.0 Å². The van der Waals surface area contributed by atoms with Crippen molar-refractivity contribution >= 4 is 29.7 Å². The number of rotatable bonds is 37. The first kappa shape index (κ1) is 52.3. The van der Waals surface area contributed by atoms with Gasteiger partial charge < -0.3 is 30.5 Å². The van der Waals surface area contributed by atoms with E-state index in [0.717, 1.165) is 47.9 Å². The third kappa shape index (κ3) is 20.6. The third-order valence-electron chi connectivity index (χ3n) is 12.7. The summed E-state index contributed by atoms with van der Waals surface area (Å²) in [7, 11) is 0. The summed E-state index contributed by atoms with van der Waals surface area (Å²) in [6.45, 7) is 5.50. The minimum atomic E-state index is -0.899. The van der Waals surface area contributed by atoms with Crippen LogP contribution >= 0.6 is 11.8 Å². The zero-order chi connectivity index (χ0) is 44.8. The van der Waals surface area contributed by atoms with Crippen molar-refractivity contribution in [2.75, 3.05) is 37.9 Å². The topological polar surface area (TPSA) is 126 Å². The van der Waals surface area contributed by atoms with E-state index in [1.54, 1.807) is 6.08 Å². The lowest BCUT2D eigenvalue weighted by Crippen LogP contribution is -2.53. The number of hydrogen-bond donors (Lipinski definition) is 4. The van der Waals surface area contributed by atoms with Crippen molar-refractivity contribution in [3.63, 3.8) is 0 Å². The van der Waals surface area contributed by atoms with Crippen molar-refractivity contribution in [2.45, 2.75) is 191 Å². The molecule has 0 bridgehead atoms. The zero-order valence-electron chi connectivity index (χ0n) is 39.1. The van der Waals surface area contributed by atoms with Crippen LogP contribution in [0.15, 0.2) is 60.7 Å². The molecule has 352 valence electrons. The molecule has 2 aromatic rings. The number of benzene rings is 2. The maximum absolute atomic E-state index is 13.6. The number of amides is 3. The fraction of sp³-hybridized carbons (Fsp3) is 0.679. The van der Waals surface area contributed by atoms with Gasteiger partial charge in [-0.25, -0.2) is 4.79 Å². The minimum Gasteiger partial charge on any atom is -0.449 e. The summed E-state index contributed by atoms with van der Waals surface area (Å²) in [5, 5.41) is 18.9. The quantitative estimate of drug-likeness (QED) is 0.0393. The Hall–Kier alpha value is -3.34. The van der Waals surface area contributed by atoms with Gasteiger partial charge in [-0.15, -0.1) is 0 Å². The second-order valence-corrected chi connectivity index (χ2v) is 19.3. The van der Waals surface area contributed by atoms with Gasteiger partial charge in [-0.3, -0.25) is 9.59 Å². The normalized spacial score (nSPS) is 14.8. The molecule has 0 spiro atoms. The minimum absolute atomic E-state index is 0.104. The first-order valence-corrected chi connectivity index (χ1v) is 26.2. The lowest BCUT2D eigenvalue weighted by molar-refractivity contribution is -0.124. The molecule has 4 rings (SSSR count). The highest BCUT2D eigenvalue weighted by atomic mass is 32.2. The molecule has 2 aliphatic rings. The van der Waals surface area contributed by atoms with Crippen molar-refractivity contribution in [2.24, 2.45) is 0 Å². The molecule has 0 radical (unpaired) electrons. The number of hydrogen-bond acceptors (Lipinski definition) is 7. The van der Waals surface area contributed by atoms with Crippen LogP contribution in [0, 0.1) is 0 Å². The Labute approximate surface area is 385 Å². The number of allylic oxidation sites excluding steroid dienone is 1. The Morgan fingerprint density at radius 1 is 0.714 bits per heavy atom. The molecule has 9 nitrogen and oxygen atoms in total. The van der Waals surface area contributed by atoms with Crippen LogP contribution in [0.25, 0.3) is 11.1 Å². The molecule has 0 heterocycles. The molecule has 0 aliphatic heterocycles. The molecule has 0 saturated heterocycles. The Balaban J connectivity index is 1.24. The van der Waals surface area contributed by atoms with Crippen LogP contribution in [0.3, 0.4) is 0 Å². The summed E-state index contributed by atoms with van der Waals surface area (Å²) in [5.74, 6) is 0.153. The third-order valence-corrected chi connectivity index (χ3v) is 13.9. The van der Waals surface area contributed by atoms with Crippen LogP contribution in [0.4, 0.5) is 4.79 Å². The van der Waals surface area contributed by atoms with E-state index < -0.39 is 17.7 Å². The van der Waals surface area contributed by atoms with Gasteiger partial charge in [-0.05, 0) is 60.4 Å². The molecule has 2 aliphatic carbocycles. The number of aliphatic hydroxyl groups excluding tert-OH is 1. The average molecular weight is 890 g/mol. The number of carbonyl (C=O) groups is 3. The number of nitrogens with one attached hydrogen (secondary N) is 3. The number of aliphatic hydroxyl groups is 1. The van der Waals surface area contributed by atoms with Gasteiger partial charge in [0.25, 0.3) is 0 Å². The van der Waals surface area contributed by atoms with E-state index in [1.165, 1.54) is 127 Å². The Bertz CT molecular complexity index is 1570. The lowest BCUT2D eigenvalue weighted by Gasteiger charge is -2.23. The number of ether oxygens (including phenoxy) is 2. The Morgan fingerprint density at radius 2 is 1.24 bits per heavy atom. The average Bonchev–Trinajstić information content (AvgIpc) is 4.00. The fourth-order valence-corrected chi connectivity index (χ4v) is 9.60. The zero-order valence-corrected chi connectivity index (χ0v) is 39.9. The van der Waals surface area contributed by atoms with Gasteiger partial charge in [0, 0.05) is 24.0 Å². The fourth-order valence-electron chi connectivity index (χ4n) is 8.53. The van der Waals surface area contributed by atoms with Gasteiger partial charge in [0.05, 0.1) is 24.8 Å². The molecule has 10 heteroatoms. The van der Waals surface area contributed by atoms with Crippen LogP contribution < -0.4 is 16.0 Å². The molecular formula is C53H83N3O6S. The number of alkyl carbamates (subject to hydrolysis) is 1. The van der Waals surface area contributed by atoms with E-state index in [1.807, 2.05) is 30.3 Å². The first-order valence-electron chi connectivity index (χ1n) is 25.1. The van der Waals surface area contributed by atoms with Crippen LogP contribution in [-0.4, -0.2) is 78.6 Å². The molecule has 2 atom stereocenters. The Kier molecular flexibility index (Phi) is 26.2. The van der Waals surface area contributed by atoms with Crippen LogP contribution in [-0.2, 0) is 19.1 Å². The molecule has 1 saturated carbocycles. The molecule has 3 amide bonds. The summed E-state index contributed by atoms with van der Waals surface area (Å²) in [6.07, 6.45) is 32.1. The van der Waals surface area contributed by atoms with Gasteiger partial charge in [-0.1, -0.05) is 190 Å². The molecule has 4 N–H and O–H groups in total. The number of carbonyl (C=O) groups excluding carboxylic acids is 3. The van der Waals surface area contributed by atoms with E-state index in [2.05, 4.69) is 54.1 Å². The SMILES string of the molecule is CCCCCCCCCC=CC(=O)N[C@H](COCCCCCCCCCCCCCCCC)CSC[C@H](NC(=O)OCC1c2ccccc2-c2ccccc21)C(=O)NC1(CO)CC1. The predicted octanol–water partition coefficient (Wildman–Crippen LogP) is 11.9. The molecule has 2 aromatic carbocycles. The molecule has 63 heavy (non-hydrogen) atoms. The van der Waals surface area contributed by atoms with Crippen LogP contribution in [0.2, 0.25) is 0 Å². The largest absolute Gasteiger partial charge is 0.449 e. The summed E-state index contributed by atoms with van der Waals surface area (Å²) in [6, 6.07) is 15.2. The van der Waals surface area contributed by atoms with Crippen molar-refractivity contribution in [3.8, 4) is 11.1 Å². The maximum atomic E-state index is 13.6. The predicted molar refractivity (Wildman–Crippen MR) is 261 cm³/mol. The van der Waals surface area contributed by atoms with E-state index >= 15 is 0 Å². The van der Waals surface area contributed by atoms with E-state index in [0.29, 0.717) is 31.8 Å². The van der Waals surface area contributed by atoms with E-state index in [4.69, 9.17) is 9.47 Å². The second kappa shape index (κ2) is 31.5. The summed E-state index contributed by atoms with van der Waals surface area (Å²) < 4.78 is 12.0. The summed E-state index contributed by atoms with van der Waals surface area (Å²) in [5.41, 5.74) is 3.87. The molecule has 0 unspecified atom stereocenters. The molecule has 1 fully saturated rings. The van der Waals surface area contributed by atoms with Gasteiger partial charge in [0.15, 0.2) is 0 Å². The Morgan fingerprint density at radius 3 is 1.78 bits per heavy atom. The van der Waals surface area contributed by atoms with Crippen LogP contribution in [0.1, 0.15) is 185 Å². The van der Waals surface area contributed by atoms with E-state index in [-0.39, 0.29) is 42.7 Å². The second-order valence-electron chi connectivity index (χ2n) is 18.2. The number of unbranched alkanes of at least 4 members (excludes halogenated alkanes) is 20. The standard InChI is InChI=1S/C53H83N3O6S/c1-3-5-7-9-11-13-14-15-16-17-19-21-23-29-37-61-38-43(54-50(58)34-24-22-20-18-12-10-8-6-4-2)40-63-41-49(51(59)56-53(42-57)35-36-53)55-52(60)62-39-48-46-32-27-25-30-44(46)45-31-26-28-33-47(45)48/h24-28,30-34,43,48-49,57H,3-23,29,35-42H2,1-2H3,(H,54,58)(H,55,60)(H,56,59)/t43-,49+/m1/s1. The number of thioether (sulfide) groups is 1. The first-order chi connectivity index (χ1) is 30.9. The van der Waals surface area contributed by atoms with Crippen LogP contribution in [0.5, 0.6) is 0 Å². The smallest absolute Gasteiger partial charge is 0.407 e. The van der Waals surface area contributed by atoms with Crippen molar-refractivity contribution in [3.05, 3.63) is 71.8 Å². The summed E-state index contributed by atoms with van der Waals surface area (Å²) >= 11 is 1.48.